The second-order valence-electron chi connectivity index (χ2n) is 4.79. The third kappa shape index (κ3) is 3.76. The fraction of sp³-hybridized carbons (Fsp3) is 0.625. The van der Waals surface area contributed by atoms with Crippen LogP contribution in [0.5, 0.6) is 0 Å². The van der Waals surface area contributed by atoms with Crippen molar-refractivity contribution in [1.29, 1.82) is 0 Å². The van der Waals surface area contributed by atoms with E-state index < -0.39 is 0 Å². The van der Waals surface area contributed by atoms with Crippen molar-refractivity contribution in [2.75, 3.05) is 5.73 Å². The number of benzene rings is 1. The van der Waals surface area contributed by atoms with Crippen LogP contribution in [0.4, 0.5) is 5.69 Å². The van der Waals surface area contributed by atoms with Gasteiger partial charge in [0.25, 0.3) is 0 Å². The van der Waals surface area contributed by atoms with Gasteiger partial charge in [-0.25, -0.2) is 0 Å². The highest BCUT2D eigenvalue weighted by molar-refractivity contribution is 5.54. The van der Waals surface area contributed by atoms with Crippen LogP contribution < -0.4 is 5.73 Å². The minimum absolute atomic E-state index is 0.996. The van der Waals surface area contributed by atoms with Crippen molar-refractivity contribution in [2.45, 2.75) is 65.7 Å². The molecule has 0 atom stereocenters. The minimum atomic E-state index is 0.996. The van der Waals surface area contributed by atoms with E-state index in [-0.39, 0.29) is 0 Å². The van der Waals surface area contributed by atoms with Crippen LogP contribution in [-0.2, 0) is 19.3 Å². The van der Waals surface area contributed by atoms with Gasteiger partial charge in [0.05, 0.1) is 0 Å². The summed E-state index contributed by atoms with van der Waals surface area (Å²) in [5.41, 5.74) is 11.5. The molecule has 1 nitrogen and oxygen atoms in total. The molecule has 0 aliphatic heterocycles. The Kier molecular flexibility index (Phi) is 6.10. The van der Waals surface area contributed by atoms with Gasteiger partial charge >= 0.3 is 0 Å². The Morgan fingerprint density at radius 2 is 1.65 bits per heavy atom. The van der Waals surface area contributed by atoms with E-state index in [0.717, 1.165) is 24.9 Å². The number of hydrogen-bond acceptors (Lipinski definition) is 1. The van der Waals surface area contributed by atoms with Gasteiger partial charge in [-0.05, 0) is 48.4 Å². The molecule has 0 aromatic heterocycles. The molecule has 17 heavy (non-hydrogen) atoms. The van der Waals surface area contributed by atoms with Gasteiger partial charge in [-0.2, -0.15) is 0 Å². The molecule has 0 amide bonds. The molecule has 1 heteroatoms. The maximum Gasteiger partial charge on any atom is 0.0349 e. The third-order valence-electron chi connectivity index (χ3n) is 3.58. The fourth-order valence-electron chi connectivity index (χ4n) is 2.56. The van der Waals surface area contributed by atoms with Gasteiger partial charge in [0.15, 0.2) is 0 Å². The number of unbranched alkanes of at least 4 members (excludes halogenated alkanes) is 3. The maximum atomic E-state index is 6.14. The second kappa shape index (κ2) is 7.37. The van der Waals surface area contributed by atoms with Crippen LogP contribution in [-0.4, -0.2) is 0 Å². The van der Waals surface area contributed by atoms with Crippen molar-refractivity contribution in [3.8, 4) is 0 Å². The molecule has 96 valence electrons. The fourth-order valence-corrected chi connectivity index (χ4v) is 2.56. The summed E-state index contributed by atoms with van der Waals surface area (Å²) >= 11 is 0. The van der Waals surface area contributed by atoms with Crippen molar-refractivity contribution >= 4 is 5.69 Å². The van der Waals surface area contributed by atoms with Gasteiger partial charge in [0, 0.05) is 5.69 Å². The van der Waals surface area contributed by atoms with E-state index in [4.69, 9.17) is 5.73 Å². The predicted molar refractivity (Wildman–Crippen MR) is 77.5 cm³/mol. The molecule has 2 N–H and O–H groups in total. The van der Waals surface area contributed by atoms with Crippen molar-refractivity contribution in [3.05, 3.63) is 28.8 Å². The zero-order valence-electron chi connectivity index (χ0n) is 11.7. The highest BCUT2D eigenvalue weighted by Gasteiger charge is 2.09. The monoisotopic (exact) mass is 233 g/mol. The first kappa shape index (κ1) is 14.1. The maximum absolute atomic E-state index is 6.14. The minimum Gasteiger partial charge on any atom is -0.398 e. The third-order valence-corrected chi connectivity index (χ3v) is 3.58. The molecule has 1 aromatic carbocycles. The van der Waals surface area contributed by atoms with Crippen molar-refractivity contribution < 1.29 is 0 Å². The van der Waals surface area contributed by atoms with Crippen molar-refractivity contribution in [1.82, 2.24) is 0 Å². The Hall–Kier alpha value is -0.980. The van der Waals surface area contributed by atoms with E-state index in [2.05, 4.69) is 32.9 Å². The highest BCUT2D eigenvalue weighted by atomic mass is 14.6. The van der Waals surface area contributed by atoms with Gasteiger partial charge in [-0.15, -0.1) is 0 Å². The summed E-state index contributed by atoms with van der Waals surface area (Å²) < 4.78 is 0. The van der Waals surface area contributed by atoms with Gasteiger partial charge < -0.3 is 5.73 Å². The Morgan fingerprint density at radius 3 is 2.24 bits per heavy atom. The molecule has 0 bridgehead atoms. The standard InChI is InChI=1S/C16H27N/c1-4-7-8-9-10-15-14(6-3)13(5-2)11-12-16(15)17/h11-12H,4-10,17H2,1-3H3. The molecule has 0 saturated heterocycles. The topological polar surface area (TPSA) is 26.0 Å². The molecule has 0 unspecified atom stereocenters. The summed E-state index contributed by atoms with van der Waals surface area (Å²) in [7, 11) is 0. The highest BCUT2D eigenvalue weighted by Crippen LogP contribution is 2.24. The summed E-state index contributed by atoms with van der Waals surface area (Å²) in [4.78, 5) is 0. The van der Waals surface area contributed by atoms with Crippen LogP contribution in [0.1, 0.15) is 63.1 Å². The largest absolute Gasteiger partial charge is 0.398 e. The molecular weight excluding hydrogens is 206 g/mol. The lowest BCUT2D eigenvalue weighted by Crippen LogP contribution is -2.03. The van der Waals surface area contributed by atoms with Gasteiger partial charge in [-0.1, -0.05) is 46.1 Å². The van der Waals surface area contributed by atoms with E-state index in [1.165, 1.54) is 42.4 Å². The Bertz CT molecular complexity index is 342. The van der Waals surface area contributed by atoms with Crippen LogP contribution in [0.2, 0.25) is 0 Å². The summed E-state index contributed by atoms with van der Waals surface area (Å²) in [5.74, 6) is 0. The van der Waals surface area contributed by atoms with E-state index in [0.29, 0.717) is 0 Å². The lowest BCUT2D eigenvalue weighted by atomic mass is 9.92. The molecule has 1 rings (SSSR count). The van der Waals surface area contributed by atoms with Crippen LogP contribution >= 0.6 is 0 Å². The molecule has 1 aromatic rings. The first-order valence-electron chi connectivity index (χ1n) is 7.13. The molecule has 0 radical (unpaired) electrons. The number of hydrogen-bond donors (Lipinski definition) is 1. The molecule has 0 saturated carbocycles. The van der Waals surface area contributed by atoms with Crippen LogP contribution in [0, 0.1) is 0 Å². The summed E-state index contributed by atoms with van der Waals surface area (Å²) in [5, 5.41) is 0. The molecule has 0 spiro atoms. The van der Waals surface area contributed by atoms with Gasteiger partial charge in [-0.3, -0.25) is 0 Å². The Balaban J connectivity index is 2.80. The normalized spacial score (nSPS) is 10.8. The van der Waals surface area contributed by atoms with Gasteiger partial charge in [0.2, 0.25) is 0 Å². The average molecular weight is 233 g/mol. The quantitative estimate of drug-likeness (QED) is 0.544. The zero-order chi connectivity index (χ0) is 12.7. The molecule has 0 heterocycles. The molecule has 0 aliphatic carbocycles. The Labute approximate surface area is 106 Å². The summed E-state index contributed by atoms with van der Waals surface area (Å²) in [6, 6.07) is 4.29. The van der Waals surface area contributed by atoms with Crippen LogP contribution in [0.25, 0.3) is 0 Å². The van der Waals surface area contributed by atoms with Crippen LogP contribution in [0.3, 0.4) is 0 Å². The number of anilines is 1. The lowest BCUT2D eigenvalue weighted by molar-refractivity contribution is 0.665. The number of nitrogens with two attached hydrogens (primary N) is 1. The van der Waals surface area contributed by atoms with Gasteiger partial charge in [0.1, 0.15) is 0 Å². The smallest absolute Gasteiger partial charge is 0.0349 e. The van der Waals surface area contributed by atoms with Crippen molar-refractivity contribution in [3.63, 3.8) is 0 Å². The number of aryl methyl sites for hydroxylation is 1. The lowest BCUT2D eigenvalue weighted by Gasteiger charge is -2.15. The van der Waals surface area contributed by atoms with E-state index in [1.807, 2.05) is 0 Å². The van der Waals surface area contributed by atoms with E-state index in [1.54, 1.807) is 0 Å². The summed E-state index contributed by atoms with van der Waals surface area (Å²) in [6.07, 6.45) is 8.62. The predicted octanol–water partition coefficient (Wildman–Crippen LogP) is 4.52. The van der Waals surface area contributed by atoms with E-state index in [9.17, 15) is 0 Å². The molecular formula is C16H27N. The second-order valence-corrected chi connectivity index (χ2v) is 4.79. The molecule has 0 aliphatic rings. The number of nitrogen functional groups attached to an aromatic ring is 1. The van der Waals surface area contributed by atoms with E-state index >= 15 is 0 Å². The first-order valence-corrected chi connectivity index (χ1v) is 7.13. The zero-order valence-corrected chi connectivity index (χ0v) is 11.7. The molecule has 0 fully saturated rings. The summed E-state index contributed by atoms with van der Waals surface area (Å²) in [6.45, 7) is 6.72. The Morgan fingerprint density at radius 1 is 0.882 bits per heavy atom. The number of rotatable bonds is 7. The first-order chi connectivity index (χ1) is 8.24. The average Bonchev–Trinajstić information content (AvgIpc) is 2.35. The van der Waals surface area contributed by atoms with Crippen molar-refractivity contribution in [2.24, 2.45) is 0 Å². The SMILES string of the molecule is CCCCCCc1c(N)ccc(CC)c1CC. The van der Waals surface area contributed by atoms with Crippen LogP contribution in [0.15, 0.2) is 12.1 Å².